The van der Waals surface area contributed by atoms with Crippen LogP contribution in [0.3, 0.4) is 0 Å². The molecule has 0 aliphatic rings. The van der Waals surface area contributed by atoms with Crippen LogP contribution in [0.4, 0.5) is 0 Å². The van der Waals surface area contributed by atoms with E-state index in [1.807, 2.05) is 0 Å². The summed E-state index contributed by atoms with van der Waals surface area (Å²) in [6, 6.07) is 3.13. The molecule has 2 aromatic rings. The second-order valence-corrected chi connectivity index (χ2v) is 5.45. The molecular formula is C16H15Cl2NO4. The summed E-state index contributed by atoms with van der Waals surface area (Å²) < 4.78 is 9.98. The zero-order chi connectivity index (χ0) is 17.1. The van der Waals surface area contributed by atoms with Crippen LogP contribution in [0.15, 0.2) is 18.7 Å². The summed E-state index contributed by atoms with van der Waals surface area (Å²) >= 11 is 12.2. The number of ether oxygens (including phenoxy) is 2. The first kappa shape index (κ1) is 17.4. The van der Waals surface area contributed by atoms with Crippen molar-refractivity contribution in [1.29, 1.82) is 0 Å². The molecule has 0 radical (unpaired) electrons. The second-order valence-electron chi connectivity index (χ2n) is 4.60. The van der Waals surface area contributed by atoms with Gasteiger partial charge < -0.3 is 14.5 Å². The van der Waals surface area contributed by atoms with Crippen molar-refractivity contribution in [1.82, 2.24) is 4.98 Å². The smallest absolute Gasteiger partial charge is 0.355 e. The molecule has 0 atom stereocenters. The molecule has 0 spiro atoms. The lowest BCUT2D eigenvalue weighted by atomic mass is 10.0. The Hall–Kier alpha value is -1.98. The average Bonchev–Trinajstić information content (AvgIpc) is 2.86. The SMILES string of the molecule is C=C(C(=O)OCC)c1c(C(=O)OCC)[nH]c2cc(Cl)cc(Cl)c12. The van der Waals surface area contributed by atoms with Crippen molar-refractivity contribution in [3.8, 4) is 0 Å². The molecular weight excluding hydrogens is 341 g/mol. The van der Waals surface area contributed by atoms with E-state index in [2.05, 4.69) is 11.6 Å². The van der Waals surface area contributed by atoms with Crippen molar-refractivity contribution in [2.75, 3.05) is 13.2 Å². The summed E-state index contributed by atoms with van der Waals surface area (Å²) in [5.74, 6) is -1.25. The van der Waals surface area contributed by atoms with Crippen molar-refractivity contribution >= 4 is 51.6 Å². The molecule has 1 heterocycles. The van der Waals surface area contributed by atoms with E-state index in [4.69, 9.17) is 32.7 Å². The Kier molecular flexibility index (Phi) is 5.34. The number of hydrogen-bond donors (Lipinski definition) is 1. The van der Waals surface area contributed by atoms with E-state index in [9.17, 15) is 9.59 Å². The number of carbonyl (C=O) groups excluding carboxylic acids is 2. The maximum atomic E-state index is 12.2. The number of fused-ring (bicyclic) bond motifs is 1. The van der Waals surface area contributed by atoms with E-state index in [1.165, 1.54) is 6.07 Å². The van der Waals surface area contributed by atoms with E-state index in [-0.39, 0.29) is 30.0 Å². The number of hydrogen-bond acceptors (Lipinski definition) is 4. The maximum Gasteiger partial charge on any atom is 0.355 e. The highest BCUT2D eigenvalue weighted by Gasteiger charge is 2.26. The topological polar surface area (TPSA) is 68.4 Å². The Morgan fingerprint density at radius 1 is 1.17 bits per heavy atom. The summed E-state index contributed by atoms with van der Waals surface area (Å²) in [4.78, 5) is 27.1. The first-order chi connectivity index (χ1) is 10.9. The van der Waals surface area contributed by atoms with E-state index in [1.54, 1.807) is 19.9 Å². The van der Waals surface area contributed by atoms with Crippen molar-refractivity contribution in [3.63, 3.8) is 0 Å². The summed E-state index contributed by atoms with van der Waals surface area (Å²) in [5.41, 5.74) is 0.874. The summed E-state index contributed by atoms with van der Waals surface area (Å²) in [5, 5.41) is 1.16. The molecule has 122 valence electrons. The molecule has 1 aromatic heterocycles. The molecule has 0 amide bonds. The predicted octanol–water partition coefficient (Wildman–Crippen LogP) is 4.23. The molecule has 0 unspecified atom stereocenters. The first-order valence-corrected chi connectivity index (χ1v) is 7.70. The lowest BCUT2D eigenvalue weighted by Crippen LogP contribution is -2.11. The highest BCUT2D eigenvalue weighted by Crippen LogP contribution is 2.36. The number of benzene rings is 1. The van der Waals surface area contributed by atoms with Gasteiger partial charge in [0.1, 0.15) is 5.69 Å². The van der Waals surface area contributed by atoms with E-state index < -0.39 is 11.9 Å². The van der Waals surface area contributed by atoms with Gasteiger partial charge in [-0.25, -0.2) is 9.59 Å². The van der Waals surface area contributed by atoms with Crippen LogP contribution in [0.2, 0.25) is 10.0 Å². The highest BCUT2D eigenvalue weighted by atomic mass is 35.5. The Labute approximate surface area is 143 Å². The van der Waals surface area contributed by atoms with Gasteiger partial charge in [0.25, 0.3) is 0 Å². The minimum Gasteiger partial charge on any atom is -0.462 e. The van der Waals surface area contributed by atoms with Gasteiger partial charge in [-0.2, -0.15) is 0 Å². The zero-order valence-corrected chi connectivity index (χ0v) is 14.2. The third-order valence-corrected chi connectivity index (χ3v) is 3.63. The Morgan fingerprint density at radius 3 is 2.43 bits per heavy atom. The van der Waals surface area contributed by atoms with Crippen LogP contribution in [0, 0.1) is 0 Å². The molecule has 7 heteroatoms. The normalized spacial score (nSPS) is 10.6. The lowest BCUT2D eigenvalue weighted by molar-refractivity contribution is -0.136. The van der Waals surface area contributed by atoms with Gasteiger partial charge >= 0.3 is 11.9 Å². The number of rotatable bonds is 5. The van der Waals surface area contributed by atoms with Crippen LogP contribution in [-0.2, 0) is 14.3 Å². The highest BCUT2D eigenvalue weighted by molar-refractivity contribution is 6.40. The van der Waals surface area contributed by atoms with E-state index >= 15 is 0 Å². The molecule has 0 fully saturated rings. The van der Waals surface area contributed by atoms with Crippen molar-refractivity contribution < 1.29 is 19.1 Å². The molecule has 0 saturated carbocycles. The van der Waals surface area contributed by atoms with Crippen LogP contribution in [-0.4, -0.2) is 30.1 Å². The van der Waals surface area contributed by atoms with Gasteiger partial charge in [-0.1, -0.05) is 29.8 Å². The predicted molar refractivity (Wildman–Crippen MR) is 89.9 cm³/mol. The Balaban J connectivity index is 2.71. The fraction of sp³-hybridized carbons (Fsp3) is 0.250. The molecule has 0 bridgehead atoms. The minimum atomic E-state index is -0.634. The van der Waals surface area contributed by atoms with Crippen LogP contribution in [0.1, 0.15) is 29.9 Å². The fourth-order valence-corrected chi connectivity index (χ4v) is 2.81. The number of H-pyrrole nitrogens is 1. The van der Waals surface area contributed by atoms with Crippen LogP contribution in [0.5, 0.6) is 0 Å². The summed E-state index contributed by atoms with van der Waals surface area (Å²) in [7, 11) is 0. The molecule has 0 aliphatic heterocycles. The number of aromatic amines is 1. The minimum absolute atomic E-state index is 0.0189. The largest absolute Gasteiger partial charge is 0.462 e. The number of nitrogens with one attached hydrogen (secondary N) is 1. The second kappa shape index (κ2) is 7.06. The molecule has 5 nitrogen and oxygen atoms in total. The van der Waals surface area contributed by atoms with Gasteiger partial charge in [-0.05, 0) is 26.0 Å². The monoisotopic (exact) mass is 355 g/mol. The van der Waals surface area contributed by atoms with Crippen molar-refractivity contribution in [3.05, 3.63) is 40.0 Å². The lowest BCUT2D eigenvalue weighted by Gasteiger charge is -2.08. The summed E-state index contributed by atoms with van der Waals surface area (Å²) in [6.07, 6.45) is 0. The van der Waals surface area contributed by atoms with E-state index in [0.717, 1.165) is 0 Å². The molecule has 0 aliphatic carbocycles. The fourth-order valence-electron chi connectivity index (χ4n) is 2.23. The van der Waals surface area contributed by atoms with Crippen LogP contribution >= 0.6 is 23.2 Å². The van der Waals surface area contributed by atoms with Gasteiger partial charge in [-0.15, -0.1) is 0 Å². The van der Waals surface area contributed by atoms with Crippen molar-refractivity contribution in [2.24, 2.45) is 0 Å². The quantitative estimate of drug-likeness (QED) is 0.643. The number of halogens is 2. The average molecular weight is 356 g/mol. The third kappa shape index (κ3) is 3.35. The van der Waals surface area contributed by atoms with Gasteiger partial charge in [0.2, 0.25) is 0 Å². The standard InChI is InChI=1S/C16H15Cl2NO4/c1-4-22-15(20)8(3)12-13-10(18)6-9(17)7-11(13)19-14(12)16(21)23-5-2/h6-7,19H,3-5H2,1-2H3. The molecule has 1 N–H and O–H groups in total. The van der Waals surface area contributed by atoms with E-state index in [0.29, 0.717) is 20.9 Å². The maximum absolute atomic E-state index is 12.2. The summed E-state index contributed by atoms with van der Waals surface area (Å²) in [6.45, 7) is 7.48. The van der Waals surface area contributed by atoms with Gasteiger partial charge in [-0.3, -0.25) is 0 Å². The molecule has 1 aromatic carbocycles. The third-order valence-electron chi connectivity index (χ3n) is 3.12. The van der Waals surface area contributed by atoms with Gasteiger partial charge in [0.15, 0.2) is 0 Å². The Morgan fingerprint density at radius 2 is 1.83 bits per heavy atom. The zero-order valence-electron chi connectivity index (χ0n) is 12.7. The number of aromatic nitrogens is 1. The number of carbonyl (C=O) groups is 2. The molecule has 23 heavy (non-hydrogen) atoms. The van der Waals surface area contributed by atoms with Crippen molar-refractivity contribution in [2.45, 2.75) is 13.8 Å². The van der Waals surface area contributed by atoms with Crippen LogP contribution in [0.25, 0.3) is 16.5 Å². The molecule has 0 saturated heterocycles. The Bertz CT molecular complexity index is 795. The van der Waals surface area contributed by atoms with Crippen LogP contribution < -0.4 is 0 Å². The first-order valence-electron chi connectivity index (χ1n) is 6.94. The van der Waals surface area contributed by atoms with Gasteiger partial charge in [0, 0.05) is 21.5 Å². The van der Waals surface area contributed by atoms with Gasteiger partial charge in [0.05, 0.1) is 23.8 Å². The number of esters is 2. The molecule has 2 rings (SSSR count).